The fourth-order valence-electron chi connectivity index (χ4n) is 2.66. The van der Waals surface area contributed by atoms with Crippen molar-refractivity contribution in [3.8, 4) is 0 Å². The van der Waals surface area contributed by atoms with Gasteiger partial charge < -0.3 is 10.2 Å². The molecule has 3 heteroatoms. The summed E-state index contributed by atoms with van der Waals surface area (Å²) in [7, 11) is 0. The van der Waals surface area contributed by atoms with Crippen LogP contribution in [-0.2, 0) is 4.79 Å². The average molecular weight is 254 g/mol. The van der Waals surface area contributed by atoms with E-state index < -0.39 is 0 Å². The lowest BCUT2D eigenvalue weighted by Gasteiger charge is -2.30. The van der Waals surface area contributed by atoms with Crippen LogP contribution in [0.4, 0.5) is 0 Å². The molecule has 1 amide bonds. The van der Waals surface area contributed by atoms with Crippen molar-refractivity contribution in [2.75, 3.05) is 26.2 Å². The molecular weight excluding hydrogens is 224 g/mol. The highest BCUT2D eigenvalue weighted by atomic mass is 16.2. The maximum atomic E-state index is 12.2. The third-order valence-electron chi connectivity index (χ3n) is 3.72. The number of nitrogens with one attached hydrogen (secondary N) is 1. The lowest BCUT2D eigenvalue weighted by Crippen LogP contribution is -2.41. The third kappa shape index (κ3) is 5.85. The Morgan fingerprint density at radius 1 is 1.28 bits per heavy atom. The molecule has 0 aromatic heterocycles. The second kappa shape index (κ2) is 9.37. The highest BCUT2D eigenvalue weighted by Crippen LogP contribution is 2.13. The highest BCUT2D eigenvalue weighted by molar-refractivity contribution is 5.76. The first kappa shape index (κ1) is 15.5. The van der Waals surface area contributed by atoms with Gasteiger partial charge in [-0.05, 0) is 44.7 Å². The Labute approximate surface area is 112 Å². The first-order chi connectivity index (χ1) is 8.77. The van der Waals surface area contributed by atoms with Gasteiger partial charge in [-0.3, -0.25) is 4.79 Å². The van der Waals surface area contributed by atoms with E-state index in [0.29, 0.717) is 11.8 Å². The number of nitrogens with zero attached hydrogens (tertiary/aromatic N) is 1. The van der Waals surface area contributed by atoms with Crippen LogP contribution in [0, 0.1) is 5.92 Å². The maximum absolute atomic E-state index is 12.2. The van der Waals surface area contributed by atoms with Crippen molar-refractivity contribution in [1.29, 1.82) is 0 Å². The summed E-state index contributed by atoms with van der Waals surface area (Å²) in [6, 6.07) is 0. The number of unbranched alkanes of at least 4 members (excludes halogenated alkanes) is 2. The Bertz CT molecular complexity index is 225. The molecule has 1 saturated heterocycles. The topological polar surface area (TPSA) is 32.3 Å². The van der Waals surface area contributed by atoms with Crippen molar-refractivity contribution < 1.29 is 4.79 Å². The van der Waals surface area contributed by atoms with Gasteiger partial charge in [0.2, 0.25) is 5.91 Å². The maximum Gasteiger partial charge on any atom is 0.222 e. The normalized spacial score (nSPS) is 19.8. The van der Waals surface area contributed by atoms with Gasteiger partial charge in [0.25, 0.3) is 0 Å². The van der Waals surface area contributed by atoms with Crippen molar-refractivity contribution in [2.24, 2.45) is 5.92 Å². The highest BCUT2D eigenvalue weighted by Gasteiger charge is 2.19. The Morgan fingerprint density at radius 3 is 2.72 bits per heavy atom. The van der Waals surface area contributed by atoms with E-state index in [0.717, 1.165) is 45.4 Å². The summed E-state index contributed by atoms with van der Waals surface area (Å²) in [5.41, 5.74) is 0. The van der Waals surface area contributed by atoms with Gasteiger partial charge in [-0.2, -0.15) is 0 Å². The van der Waals surface area contributed by atoms with Gasteiger partial charge in [0.1, 0.15) is 0 Å². The molecular formula is C15H30N2O. The molecule has 1 N–H and O–H groups in total. The number of hydrogen-bond donors (Lipinski definition) is 1. The lowest BCUT2D eigenvalue weighted by molar-refractivity contribution is -0.132. The van der Waals surface area contributed by atoms with E-state index in [2.05, 4.69) is 24.1 Å². The van der Waals surface area contributed by atoms with Crippen molar-refractivity contribution in [3.63, 3.8) is 0 Å². The summed E-state index contributed by atoms with van der Waals surface area (Å²) < 4.78 is 0. The van der Waals surface area contributed by atoms with E-state index in [-0.39, 0.29) is 0 Å². The molecule has 18 heavy (non-hydrogen) atoms. The summed E-state index contributed by atoms with van der Waals surface area (Å²) in [5, 5.41) is 3.44. The molecule has 0 saturated carbocycles. The van der Waals surface area contributed by atoms with Gasteiger partial charge >= 0.3 is 0 Å². The van der Waals surface area contributed by atoms with Crippen molar-refractivity contribution in [2.45, 2.75) is 58.8 Å². The molecule has 0 aromatic carbocycles. The van der Waals surface area contributed by atoms with E-state index in [9.17, 15) is 4.79 Å². The minimum Gasteiger partial charge on any atom is -0.342 e. The van der Waals surface area contributed by atoms with Crippen LogP contribution in [0.25, 0.3) is 0 Å². The number of carbonyl (C=O) groups excluding carboxylic acids is 1. The Balaban J connectivity index is 2.34. The number of rotatable bonds is 8. The molecule has 0 bridgehead atoms. The fraction of sp³-hybridized carbons (Fsp3) is 0.933. The zero-order chi connectivity index (χ0) is 13.2. The quantitative estimate of drug-likeness (QED) is 0.676. The second-order valence-electron chi connectivity index (χ2n) is 5.51. The minimum atomic E-state index is 0.371. The zero-order valence-corrected chi connectivity index (χ0v) is 12.2. The fourth-order valence-corrected chi connectivity index (χ4v) is 2.66. The summed E-state index contributed by atoms with van der Waals surface area (Å²) >= 11 is 0. The third-order valence-corrected chi connectivity index (χ3v) is 3.72. The van der Waals surface area contributed by atoms with Crippen LogP contribution in [0.5, 0.6) is 0 Å². The summed E-state index contributed by atoms with van der Waals surface area (Å²) in [5.74, 6) is 1.04. The molecule has 0 spiro atoms. The first-order valence-corrected chi connectivity index (χ1v) is 7.76. The number of amides is 1. The number of piperidine rings is 1. The lowest BCUT2D eigenvalue weighted by atomic mass is 9.98. The largest absolute Gasteiger partial charge is 0.342 e. The molecule has 1 aliphatic heterocycles. The molecule has 3 nitrogen and oxygen atoms in total. The monoisotopic (exact) mass is 254 g/mol. The predicted octanol–water partition coefficient (Wildman–Crippen LogP) is 2.80. The van der Waals surface area contributed by atoms with Crippen molar-refractivity contribution >= 4 is 5.91 Å². The average Bonchev–Trinajstić information content (AvgIpc) is 2.39. The second-order valence-corrected chi connectivity index (χ2v) is 5.51. The molecule has 1 fully saturated rings. The molecule has 1 unspecified atom stereocenters. The van der Waals surface area contributed by atoms with Crippen LogP contribution in [0.15, 0.2) is 0 Å². The van der Waals surface area contributed by atoms with Crippen LogP contribution < -0.4 is 5.32 Å². The molecule has 0 radical (unpaired) electrons. The summed E-state index contributed by atoms with van der Waals surface area (Å²) in [4.78, 5) is 14.3. The SMILES string of the molecule is CCCCCC(=O)N(CCC)CC1CCCNC1. The number of carbonyl (C=O) groups is 1. The molecule has 1 aliphatic rings. The van der Waals surface area contributed by atoms with Gasteiger partial charge in [-0.25, -0.2) is 0 Å². The molecule has 1 heterocycles. The van der Waals surface area contributed by atoms with Crippen LogP contribution in [-0.4, -0.2) is 37.0 Å². The van der Waals surface area contributed by atoms with E-state index >= 15 is 0 Å². The van der Waals surface area contributed by atoms with Crippen LogP contribution in [0.1, 0.15) is 58.8 Å². The zero-order valence-electron chi connectivity index (χ0n) is 12.2. The van der Waals surface area contributed by atoms with Crippen LogP contribution >= 0.6 is 0 Å². The molecule has 0 aromatic rings. The molecule has 0 aliphatic carbocycles. The van der Waals surface area contributed by atoms with Gasteiger partial charge in [0.05, 0.1) is 0 Å². The minimum absolute atomic E-state index is 0.371. The summed E-state index contributed by atoms with van der Waals surface area (Å²) in [6.45, 7) is 8.47. The van der Waals surface area contributed by atoms with Crippen molar-refractivity contribution in [1.82, 2.24) is 10.2 Å². The first-order valence-electron chi connectivity index (χ1n) is 7.76. The molecule has 1 atom stereocenters. The van der Waals surface area contributed by atoms with Gasteiger partial charge in [-0.1, -0.05) is 26.7 Å². The summed E-state index contributed by atoms with van der Waals surface area (Å²) in [6.07, 6.45) is 7.76. The van der Waals surface area contributed by atoms with Crippen LogP contribution in [0.2, 0.25) is 0 Å². The molecule has 106 valence electrons. The standard InChI is InChI=1S/C15H30N2O/c1-3-5-6-9-15(18)17(11-4-2)13-14-8-7-10-16-12-14/h14,16H,3-13H2,1-2H3. The Hall–Kier alpha value is -0.570. The number of hydrogen-bond acceptors (Lipinski definition) is 2. The smallest absolute Gasteiger partial charge is 0.222 e. The van der Waals surface area contributed by atoms with E-state index in [4.69, 9.17) is 0 Å². The molecule has 1 rings (SSSR count). The Morgan fingerprint density at radius 2 is 2.11 bits per heavy atom. The van der Waals surface area contributed by atoms with Crippen molar-refractivity contribution in [3.05, 3.63) is 0 Å². The van der Waals surface area contributed by atoms with E-state index in [1.54, 1.807) is 0 Å². The van der Waals surface area contributed by atoms with Gasteiger partial charge in [0.15, 0.2) is 0 Å². The Kier molecular flexibility index (Phi) is 8.06. The van der Waals surface area contributed by atoms with E-state index in [1.807, 2.05) is 0 Å². The predicted molar refractivity (Wildman–Crippen MR) is 76.6 cm³/mol. The van der Waals surface area contributed by atoms with E-state index in [1.165, 1.54) is 25.7 Å². The van der Waals surface area contributed by atoms with Crippen LogP contribution in [0.3, 0.4) is 0 Å². The van der Waals surface area contributed by atoms with Gasteiger partial charge in [-0.15, -0.1) is 0 Å². The van der Waals surface area contributed by atoms with Gasteiger partial charge in [0, 0.05) is 19.5 Å².